The molecule has 1 aliphatic rings. The van der Waals surface area contributed by atoms with Crippen molar-refractivity contribution in [2.24, 2.45) is 7.05 Å². The van der Waals surface area contributed by atoms with Gasteiger partial charge in [-0.1, -0.05) is 30.3 Å². The first-order chi connectivity index (χ1) is 11.7. The average molecular weight is 323 g/mol. The van der Waals surface area contributed by atoms with E-state index in [1.807, 2.05) is 13.1 Å². The monoisotopic (exact) mass is 323 g/mol. The topological polar surface area (TPSA) is 66.8 Å². The van der Waals surface area contributed by atoms with Crippen LogP contribution in [0.2, 0.25) is 0 Å². The molecule has 6 nitrogen and oxygen atoms in total. The summed E-state index contributed by atoms with van der Waals surface area (Å²) in [6.45, 7) is 1.72. The number of H-pyrrole nitrogens is 1. The molecule has 24 heavy (non-hydrogen) atoms. The number of benzene rings is 1. The number of hydrogen-bond donors (Lipinski definition) is 1. The molecule has 0 aliphatic carbocycles. The fraction of sp³-hybridized carbons (Fsp3) is 0.389. The van der Waals surface area contributed by atoms with Crippen molar-refractivity contribution >= 4 is 11.0 Å². The Kier molecular flexibility index (Phi) is 3.90. The number of aryl methyl sites for hydroxylation is 1. The third-order valence-electron chi connectivity index (χ3n) is 4.82. The number of hydrogen-bond acceptors (Lipinski definition) is 4. The van der Waals surface area contributed by atoms with Crippen LogP contribution in [0.1, 0.15) is 24.2 Å². The summed E-state index contributed by atoms with van der Waals surface area (Å²) >= 11 is 0. The van der Waals surface area contributed by atoms with Gasteiger partial charge in [0.25, 0.3) is 5.56 Å². The zero-order valence-electron chi connectivity index (χ0n) is 13.8. The third kappa shape index (κ3) is 2.85. The first kappa shape index (κ1) is 15.1. The lowest BCUT2D eigenvalue weighted by atomic mass is 10.0. The molecule has 1 unspecified atom stereocenters. The van der Waals surface area contributed by atoms with Gasteiger partial charge in [-0.25, -0.2) is 4.98 Å². The zero-order chi connectivity index (χ0) is 16.5. The van der Waals surface area contributed by atoms with Gasteiger partial charge in [0.15, 0.2) is 5.65 Å². The molecule has 1 atom stereocenters. The largest absolute Gasteiger partial charge is 0.309 e. The number of nitrogens with one attached hydrogen (secondary N) is 1. The van der Waals surface area contributed by atoms with E-state index in [9.17, 15) is 4.79 Å². The Morgan fingerprint density at radius 2 is 2.12 bits per heavy atom. The van der Waals surface area contributed by atoms with Crippen LogP contribution in [0, 0.1) is 0 Å². The summed E-state index contributed by atoms with van der Waals surface area (Å²) in [7, 11) is 1.81. The molecule has 0 radical (unpaired) electrons. The minimum absolute atomic E-state index is 0.109. The second-order valence-electron chi connectivity index (χ2n) is 6.47. The molecule has 1 aromatic carbocycles. The lowest BCUT2D eigenvalue weighted by molar-refractivity contribution is 0.238. The third-order valence-corrected chi connectivity index (χ3v) is 4.82. The molecule has 1 fully saturated rings. The predicted molar refractivity (Wildman–Crippen MR) is 92.7 cm³/mol. The zero-order valence-corrected chi connectivity index (χ0v) is 13.8. The molecule has 3 aromatic rings. The van der Waals surface area contributed by atoms with Gasteiger partial charge < -0.3 is 4.98 Å². The highest BCUT2D eigenvalue weighted by molar-refractivity contribution is 5.72. The number of likely N-dealkylation sites (tertiary alicyclic amines) is 1. The summed E-state index contributed by atoms with van der Waals surface area (Å²) in [6.07, 6.45) is 4.99. The maximum absolute atomic E-state index is 12.2. The van der Waals surface area contributed by atoms with Gasteiger partial charge in [0.1, 0.15) is 11.2 Å². The molecule has 0 spiro atoms. The molecule has 6 heteroatoms. The van der Waals surface area contributed by atoms with E-state index in [1.54, 1.807) is 10.9 Å². The molecule has 4 rings (SSSR count). The summed E-state index contributed by atoms with van der Waals surface area (Å²) in [5.74, 6) is 0.719. The Labute approximate surface area is 140 Å². The normalized spacial score (nSPS) is 18.5. The van der Waals surface area contributed by atoms with Gasteiger partial charge >= 0.3 is 0 Å². The molecule has 0 saturated carbocycles. The van der Waals surface area contributed by atoms with Crippen molar-refractivity contribution in [3.8, 4) is 0 Å². The van der Waals surface area contributed by atoms with E-state index in [2.05, 4.69) is 44.2 Å². The molecule has 1 N–H and O–H groups in total. The van der Waals surface area contributed by atoms with E-state index < -0.39 is 0 Å². The van der Waals surface area contributed by atoms with Crippen LogP contribution in [-0.4, -0.2) is 37.2 Å². The van der Waals surface area contributed by atoms with Crippen molar-refractivity contribution in [2.45, 2.75) is 31.8 Å². The van der Waals surface area contributed by atoms with Crippen LogP contribution in [-0.2, 0) is 20.0 Å². The van der Waals surface area contributed by atoms with Crippen molar-refractivity contribution < 1.29 is 0 Å². The first-order valence-electron chi connectivity index (χ1n) is 8.39. The van der Waals surface area contributed by atoms with E-state index in [1.165, 1.54) is 18.4 Å². The maximum Gasteiger partial charge on any atom is 0.262 e. The molecule has 0 amide bonds. The van der Waals surface area contributed by atoms with Gasteiger partial charge in [0.2, 0.25) is 0 Å². The summed E-state index contributed by atoms with van der Waals surface area (Å²) < 4.78 is 1.65. The van der Waals surface area contributed by atoms with Crippen LogP contribution in [0.3, 0.4) is 0 Å². The van der Waals surface area contributed by atoms with Crippen LogP contribution in [0.25, 0.3) is 11.0 Å². The maximum atomic E-state index is 12.2. The van der Waals surface area contributed by atoms with Crippen LogP contribution in [0.4, 0.5) is 0 Å². The lowest BCUT2D eigenvalue weighted by Crippen LogP contribution is -2.32. The Morgan fingerprint density at radius 1 is 1.29 bits per heavy atom. The predicted octanol–water partition coefficient (Wildman–Crippen LogP) is 1.86. The van der Waals surface area contributed by atoms with E-state index >= 15 is 0 Å². The molecule has 1 saturated heterocycles. The van der Waals surface area contributed by atoms with Gasteiger partial charge in [-0.3, -0.25) is 14.4 Å². The molecule has 1 aliphatic heterocycles. The highest BCUT2D eigenvalue weighted by atomic mass is 16.1. The number of aromatic nitrogens is 4. The average Bonchev–Trinajstić information content (AvgIpc) is 3.16. The second-order valence-corrected chi connectivity index (χ2v) is 6.47. The van der Waals surface area contributed by atoms with Gasteiger partial charge in [-0.15, -0.1) is 0 Å². The van der Waals surface area contributed by atoms with Crippen molar-refractivity contribution in [2.75, 3.05) is 6.54 Å². The van der Waals surface area contributed by atoms with E-state index in [0.29, 0.717) is 23.6 Å². The van der Waals surface area contributed by atoms with Gasteiger partial charge in [-0.05, 0) is 31.4 Å². The number of nitrogens with zero attached hydrogens (tertiary/aromatic N) is 4. The standard InChI is InChI=1S/C18H21N5O/c1-22-17-15(11-19-22)18(24)21-16(20-17)12-23-9-5-8-14(23)10-13-6-3-2-4-7-13/h2-4,6-7,11,14H,5,8-10,12H2,1H3,(H,20,21,24). The fourth-order valence-electron chi connectivity index (χ4n) is 3.57. The minimum Gasteiger partial charge on any atom is -0.309 e. The Bertz CT molecular complexity index is 899. The summed E-state index contributed by atoms with van der Waals surface area (Å²) in [6, 6.07) is 11.1. The second kappa shape index (κ2) is 6.20. The molecule has 2 aromatic heterocycles. The lowest BCUT2D eigenvalue weighted by Gasteiger charge is -2.24. The van der Waals surface area contributed by atoms with Crippen molar-refractivity contribution in [1.82, 2.24) is 24.6 Å². The Balaban J connectivity index is 1.55. The van der Waals surface area contributed by atoms with Crippen LogP contribution in [0.5, 0.6) is 0 Å². The SMILES string of the molecule is Cn1ncc2c(=O)[nH]c(CN3CCCC3Cc3ccccc3)nc21. The van der Waals surface area contributed by atoms with Crippen molar-refractivity contribution in [3.05, 3.63) is 58.3 Å². The quantitative estimate of drug-likeness (QED) is 0.796. The smallest absolute Gasteiger partial charge is 0.262 e. The van der Waals surface area contributed by atoms with E-state index in [4.69, 9.17) is 0 Å². The molecular formula is C18H21N5O. The van der Waals surface area contributed by atoms with Gasteiger partial charge in [0, 0.05) is 13.1 Å². The van der Waals surface area contributed by atoms with Gasteiger partial charge in [0.05, 0.1) is 12.7 Å². The van der Waals surface area contributed by atoms with Gasteiger partial charge in [-0.2, -0.15) is 5.10 Å². The molecule has 3 heterocycles. The Hall–Kier alpha value is -2.47. The van der Waals surface area contributed by atoms with E-state index in [-0.39, 0.29) is 5.56 Å². The summed E-state index contributed by atoms with van der Waals surface area (Å²) in [4.78, 5) is 22.1. The minimum atomic E-state index is -0.109. The molecular weight excluding hydrogens is 302 g/mol. The van der Waals surface area contributed by atoms with Crippen LogP contribution >= 0.6 is 0 Å². The van der Waals surface area contributed by atoms with Crippen molar-refractivity contribution in [1.29, 1.82) is 0 Å². The number of aromatic amines is 1. The number of rotatable bonds is 4. The van der Waals surface area contributed by atoms with Crippen LogP contribution in [0.15, 0.2) is 41.3 Å². The van der Waals surface area contributed by atoms with Crippen LogP contribution < -0.4 is 5.56 Å². The molecule has 0 bridgehead atoms. The van der Waals surface area contributed by atoms with E-state index in [0.717, 1.165) is 18.8 Å². The summed E-state index contributed by atoms with van der Waals surface area (Å²) in [5, 5.41) is 4.67. The first-order valence-corrected chi connectivity index (χ1v) is 8.39. The molecule has 124 valence electrons. The fourth-order valence-corrected chi connectivity index (χ4v) is 3.57. The highest BCUT2D eigenvalue weighted by Crippen LogP contribution is 2.22. The Morgan fingerprint density at radius 3 is 2.96 bits per heavy atom. The van der Waals surface area contributed by atoms with Crippen molar-refractivity contribution in [3.63, 3.8) is 0 Å². The summed E-state index contributed by atoms with van der Waals surface area (Å²) in [5.41, 5.74) is 1.90. The highest BCUT2D eigenvalue weighted by Gasteiger charge is 2.25. The number of fused-ring (bicyclic) bond motifs is 1.